The second kappa shape index (κ2) is 7.31. The predicted octanol–water partition coefficient (Wildman–Crippen LogP) is 4.89. The highest BCUT2D eigenvalue weighted by Crippen LogP contribution is 2.47. The van der Waals surface area contributed by atoms with E-state index in [2.05, 4.69) is 20.8 Å². The van der Waals surface area contributed by atoms with Crippen molar-refractivity contribution in [3.63, 3.8) is 0 Å². The van der Waals surface area contributed by atoms with Crippen LogP contribution in [0.1, 0.15) is 42.6 Å². The van der Waals surface area contributed by atoms with Crippen molar-refractivity contribution >= 4 is 17.3 Å². The lowest BCUT2D eigenvalue weighted by Crippen LogP contribution is -2.43. The average molecular weight is 397 g/mol. The van der Waals surface area contributed by atoms with E-state index in [0.717, 1.165) is 42.5 Å². The molecule has 0 amide bonds. The molecular formula is C20H21ClN6O. The molecule has 1 heterocycles. The Hall–Kier alpha value is -2.80. The van der Waals surface area contributed by atoms with Crippen LogP contribution in [0.4, 0.5) is 5.69 Å². The number of aryl methyl sites for hydroxylation is 2. The standard InChI is InChI=1S/C20H21ClN6O/c1-14-8-7-9-15(2)18(14)26-19(22-23-24-26)20(12-5-6-13-20)27(25-28)17-11-4-3-10-16(17)21/h3-4,7-11H,5-6,12-13H2,1-2H3. The van der Waals surface area contributed by atoms with Gasteiger partial charge in [0.25, 0.3) is 0 Å². The fourth-order valence-electron chi connectivity index (χ4n) is 4.23. The summed E-state index contributed by atoms with van der Waals surface area (Å²) in [5, 5.41) is 18.0. The third kappa shape index (κ3) is 2.86. The van der Waals surface area contributed by atoms with E-state index in [0.29, 0.717) is 16.5 Å². The number of rotatable bonds is 5. The molecule has 0 saturated heterocycles. The third-order valence-electron chi connectivity index (χ3n) is 5.54. The van der Waals surface area contributed by atoms with Gasteiger partial charge in [-0.25, -0.2) is 5.01 Å². The number of anilines is 1. The minimum Gasteiger partial charge on any atom is -0.214 e. The Balaban J connectivity index is 1.92. The number of nitrogens with zero attached hydrogens (tertiary/aromatic N) is 6. The predicted molar refractivity (Wildman–Crippen MR) is 109 cm³/mol. The second-order valence-electron chi connectivity index (χ2n) is 7.24. The summed E-state index contributed by atoms with van der Waals surface area (Å²) in [6.07, 6.45) is 3.34. The summed E-state index contributed by atoms with van der Waals surface area (Å²) < 4.78 is 1.75. The molecular weight excluding hydrogens is 376 g/mol. The fraction of sp³-hybridized carbons (Fsp3) is 0.350. The van der Waals surface area contributed by atoms with Gasteiger partial charge >= 0.3 is 0 Å². The summed E-state index contributed by atoms with van der Waals surface area (Å²) in [5.41, 5.74) is 2.87. The highest BCUT2D eigenvalue weighted by molar-refractivity contribution is 6.33. The van der Waals surface area contributed by atoms with Crippen LogP contribution < -0.4 is 5.01 Å². The van der Waals surface area contributed by atoms with Crippen LogP contribution in [-0.4, -0.2) is 20.2 Å². The lowest BCUT2D eigenvalue weighted by molar-refractivity contribution is 0.380. The van der Waals surface area contributed by atoms with Gasteiger partial charge in [-0.3, -0.25) is 0 Å². The Labute approximate surface area is 168 Å². The molecule has 0 atom stereocenters. The number of nitroso groups, excluding NO2 is 1. The minimum absolute atomic E-state index is 0.472. The van der Waals surface area contributed by atoms with Crippen LogP contribution >= 0.6 is 11.6 Å². The van der Waals surface area contributed by atoms with E-state index in [1.54, 1.807) is 16.8 Å². The first-order valence-electron chi connectivity index (χ1n) is 9.32. The Morgan fingerprint density at radius 1 is 1.07 bits per heavy atom. The van der Waals surface area contributed by atoms with E-state index < -0.39 is 5.54 Å². The van der Waals surface area contributed by atoms with E-state index >= 15 is 0 Å². The molecule has 1 aliphatic carbocycles. The number of benzene rings is 2. The molecule has 1 aromatic heterocycles. The van der Waals surface area contributed by atoms with Gasteiger partial charge in [0.2, 0.25) is 0 Å². The largest absolute Gasteiger partial charge is 0.214 e. The minimum atomic E-state index is -0.745. The van der Waals surface area contributed by atoms with Gasteiger partial charge in [0.05, 0.1) is 21.7 Å². The fourth-order valence-corrected chi connectivity index (χ4v) is 4.45. The van der Waals surface area contributed by atoms with Crippen LogP contribution in [0.2, 0.25) is 5.02 Å². The summed E-state index contributed by atoms with van der Waals surface area (Å²) in [7, 11) is 0. The number of tetrazole rings is 1. The first-order valence-corrected chi connectivity index (χ1v) is 9.70. The van der Waals surface area contributed by atoms with Gasteiger partial charge in [-0.2, -0.15) is 4.68 Å². The van der Waals surface area contributed by atoms with Crippen LogP contribution in [0, 0.1) is 18.8 Å². The molecule has 0 bridgehead atoms. The lowest BCUT2D eigenvalue weighted by Gasteiger charge is -2.36. The molecule has 28 heavy (non-hydrogen) atoms. The van der Waals surface area contributed by atoms with Gasteiger partial charge in [0, 0.05) is 0 Å². The third-order valence-corrected chi connectivity index (χ3v) is 5.86. The summed E-state index contributed by atoms with van der Waals surface area (Å²) >= 11 is 6.41. The number of hydrogen-bond donors (Lipinski definition) is 0. The first-order chi connectivity index (χ1) is 13.6. The molecule has 4 rings (SSSR count). The monoisotopic (exact) mass is 396 g/mol. The summed E-state index contributed by atoms with van der Waals surface area (Å²) in [6.45, 7) is 4.05. The summed E-state index contributed by atoms with van der Waals surface area (Å²) in [4.78, 5) is 12.1. The van der Waals surface area contributed by atoms with Crippen molar-refractivity contribution in [2.75, 3.05) is 5.01 Å². The average Bonchev–Trinajstić information content (AvgIpc) is 3.34. The summed E-state index contributed by atoms with van der Waals surface area (Å²) in [6, 6.07) is 13.3. The van der Waals surface area contributed by atoms with Gasteiger partial charge in [-0.15, -0.1) is 10.0 Å². The van der Waals surface area contributed by atoms with Crippen molar-refractivity contribution in [1.29, 1.82) is 0 Å². The topological polar surface area (TPSA) is 76.3 Å². The van der Waals surface area contributed by atoms with Crippen molar-refractivity contribution in [3.8, 4) is 5.69 Å². The molecule has 0 aliphatic heterocycles. The quantitative estimate of drug-likeness (QED) is 0.453. The zero-order valence-electron chi connectivity index (χ0n) is 15.8. The van der Waals surface area contributed by atoms with E-state index in [4.69, 9.17) is 11.6 Å². The Morgan fingerprint density at radius 2 is 1.75 bits per heavy atom. The van der Waals surface area contributed by atoms with Gasteiger partial charge in [0.15, 0.2) is 5.82 Å². The van der Waals surface area contributed by atoms with Crippen LogP contribution in [0.3, 0.4) is 0 Å². The molecule has 0 unspecified atom stereocenters. The van der Waals surface area contributed by atoms with Crippen molar-refractivity contribution in [1.82, 2.24) is 20.2 Å². The van der Waals surface area contributed by atoms with Gasteiger partial charge in [-0.05, 0) is 60.4 Å². The van der Waals surface area contributed by atoms with Crippen molar-refractivity contribution < 1.29 is 0 Å². The smallest absolute Gasteiger partial charge is 0.184 e. The molecule has 7 nitrogen and oxygen atoms in total. The normalized spacial score (nSPS) is 15.5. The number of hydrogen-bond acceptors (Lipinski definition) is 5. The highest BCUT2D eigenvalue weighted by Gasteiger charge is 2.48. The molecule has 1 saturated carbocycles. The van der Waals surface area contributed by atoms with Crippen LogP contribution in [-0.2, 0) is 5.54 Å². The maximum Gasteiger partial charge on any atom is 0.184 e. The van der Waals surface area contributed by atoms with E-state index in [1.165, 1.54) is 5.01 Å². The van der Waals surface area contributed by atoms with Crippen molar-refractivity contribution in [2.45, 2.75) is 45.1 Å². The van der Waals surface area contributed by atoms with Crippen LogP contribution in [0.15, 0.2) is 47.8 Å². The SMILES string of the molecule is Cc1cccc(C)c1-n1nnnc1C1(N(N=O)c2ccccc2Cl)CCCC1. The Morgan fingerprint density at radius 3 is 2.39 bits per heavy atom. The molecule has 1 fully saturated rings. The molecule has 1 aliphatic rings. The number of aromatic nitrogens is 4. The van der Waals surface area contributed by atoms with Gasteiger partial charge in [0.1, 0.15) is 5.54 Å². The van der Waals surface area contributed by atoms with Gasteiger partial charge in [-0.1, -0.05) is 54.8 Å². The lowest BCUT2D eigenvalue weighted by atomic mass is 9.94. The molecule has 0 N–H and O–H groups in total. The second-order valence-corrected chi connectivity index (χ2v) is 7.65. The maximum atomic E-state index is 12.1. The molecule has 3 aromatic rings. The Kier molecular flexibility index (Phi) is 4.85. The number of halogens is 1. The molecule has 0 radical (unpaired) electrons. The zero-order chi connectivity index (χ0) is 19.7. The molecule has 144 valence electrons. The van der Waals surface area contributed by atoms with Crippen LogP contribution in [0.25, 0.3) is 5.69 Å². The maximum absolute atomic E-state index is 12.1. The van der Waals surface area contributed by atoms with Gasteiger partial charge < -0.3 is 0 Å². The van der Waals surface area contributed by atoms with Crippen molar-refractivity contribution in [2.24, 2.45) is 5.29 Å². The molecule has 0 spiro atoms. The van der Waals surface area contributed by atoms with E-state index in [9.17, 15) is 4.91 Å². The molecule has 2 aromatic carbocycles. The summed E-state index contributed by atoms with van der Waals surface area (Å²) in [5.74, 6) is 0.613. The molecule has 8 heteroatoms. The van der Waals surface area contributed by atoms with Crippen LogP contribution in [0.5, 0.6) is 0 Å². The van der Waals surface area contributed by atoms with E-state index in [-0.39, 0.29) is 0 Å². The highest BCUT2D eigenvalue weighted by atomic mass is 35.5. The first kappa shape index (κ1) is 18.6. The zero-order valence-corrected chi connectivity index (χ0v) is 16.6. The van der Waals surface area contributed by atoms with Crippen molar-refractivity contribution in [3.05, 3.63) is 69.3 Å². The van der Waals surface area contributed by atoms with E-state index in [1.807, 2.05) is 44.2 Å². The number of para-hydroxylation sites is 2. The Bertz CT molecular complexity index is 991.